The van der Waals surface area contributed by atoms with Gasteiger partial charge in [0, 0.05) is 26.1 Å². The molecule has 1 aliphatic rings. The fourth-order valence-electron chi connectivity index (χ4n) is 2.62. The first kappa shape index (κ1) is 14.6. The third kappa shape index (κ3) is 4.08. The van der Waals surface area contributed by atoms with Crippen molar-refractivity contribution in [2.75, 3.05) is 13.1 Å². The van der Waals surface area contributed by atoms with Crippen LogP contribution in [0.15, 0.2) is 24.3 Å². The Kier molecular flexibility index (Phi) is 4.77. The van der Waals surface area contributed by atoms with E-state index in [0.29, 0.717) is 6.42 Å². The van der Waals surface area contributed by atoms with Gasteiger partial charge >= 0.3 is 0 Å². The maximum absolute atomic E-state index is 12.0. The van der Waals surface area contributed by atoms with E-state index in [0.717, 1.165) is 31.5 Å². The molecule has 2 amide bonds. The number of aryl methyl sites for hydroxylation is 1. The highest BCUT2D eigenvalue weighted by Gasteiger charge is 2.21. The minimum Gasteiger partial charge on any atom is -0.353 e. The Morgan fingerprint density at radius 1 is 1.30 bits per heavy atom. The molecule has 20 heavy (non-hydrogen) atoms. The molecule has 0 spiro atoms. The molecule has 4 heteroatoms. The number of benzene rings is 1. The van der Waals surface area contributed by atoms with Crippen LogP contribution in [0.3, 0.4) is 0 Å². The monoisotopic (exact) mass is 274 g/mol. The molecule has 0 unspecified atom stereocenters. The first-order chi connectivity index (χ1) is 9.54. The second kappa shape index (κ2) is 6.55. The first-order valence-corrected chi connectivity index (χ1v) is 7.15. The summed E-state index contributed by atoms with van der Waals surface area (Å²) in [5.74, 6) is 0.186. The van der Waals surface area contributed by atoms with Crippen molar-refractivity contribution in [1.82, 2.24) is 10.2 Å². The Hall–Kier alpha value is -1.84. The summed E-state index contributed by atoms with van der Waals surface area (Å²) in [6.45, 7) is 5.10. The fourth-order valence-corrected chi connectivity index (χ4v) is 2.62. The van der Waals surface area contributed by atoms with Crippen molar-refractivity contribution < 1.29 is 9.59 Å². The zero-order valence-electron chi connectivity index (χ0n) is 12.2. The quantitative estimate of drug-likeness (QED) is 0.911. The molecule has 0 aliphatic carbocycles. The van der Waals surface area contributed by atoms with Crippen LogP contribution in [0.5, 0.6) is 0 Å². The van der Waals surface area contributed by atoms with Gasteiger partial charge in [-0.1, -0.05) is 29.8 Å². The lowest BCUT2D eigenvalue weighted by molar-refractivity contribution is -0.130. The van der Waals surface area contributed by atoms with Crippen LogP contribution in [0.25, 0.3) is 0 Å². The van der Waals surface area contributed by atoms with Gasteiger partial charge in [0.05, 0.1) is 6.42 Å². The number of hydrogen-bond donors (Lipinski definition) is 1. The molecule has 0 saturated carbocycles. The number of nitrogens with zero attached hydrogens (tertiary/aromatic N) is 1. The molecule has 0 aromatic heterocycles. The highest BCUT2D eigenvalue weighted by atomic mass is 16.2. The second-order valence-electron chi connectivity index (χ2n) is 5.51. The normalized spacial score (nSPS) is 16.0. The topological polar surface area (TPSA) is 49.4 Å². The van der Waals surface area contributed by atoms with Crippen LogP contribution >= 0.6 is 0 Å². The van der Waals surface area contributed by atoms with Crippen LogP contribution in [-0.2, 0) is 16.0 Å². The van der Waals surface area contributed by atoms with Crippen molar-refractivity contribution in [2.45, 2.75) is 39.2 Å². The molecule has 4 nitrogen and oxygen atoms in total. The molecule has 2 rings (SSSR count). The number of piperidine rings is 1. The molecule has 0 atom stereocenters. The van der Waals surface area contributed by atoms with Crippen LogP contribution in [-0.4, -0.2) is 35.8 Å². The number of likely N-dealkylation sites (tertiary alicyclic amines) is 1. The van der Waals surface area contributed by atoms with E-state index in [4.69, 9.17) is 0 Å². The SMILES string of the molecule is CC(=O)N1CCC(NC(=O)Cc2cccc(C)c2)CC1. The molecule has 1 heterocycles. The van der Waals surface area contributed by atoms with Gasteiger partial charge in [0.1, 0.15) is 0 Å². The Bertz CT molecular complexity index is 491. The smallest absolute Gasteiger partial charge is 0.224 e. The van der Waals surface area contributed by atoms with Crippen molar-refractivity contribution in [2.24, 2.45) is 0 Å². The first-order valence-electron chi connectivity index (χ1n) is 7.15. The third-order valence-electron chi connectivity index (χ3n) is 3.75. The van der Waals surface area contributed by atoms with E-state index < -0.39 is 0 Å². The van der Waals surface area contributed by atoms with Crippen molar-refractivity contribution in [3.05, 3.63) is 35.4 Å². The Morgan fingerprint density at radius 2 is 2.00 bits per heavy atom. The Balaban J connectivity index is 1.80. The average Bonchev–Trinajstić information content (AvgIpc) is 2.39. The van der Waals surface area contributed by atoms with Crippen LogP contribution < -0.4 is 5.32 Å². The van der Waals surface area contributed by atoms with Crippen molar-refractivity contribution in [3.8, 4) is 0 Å². The van der Waals surface area contributed by atoms with Crippen LogP contribution in [0.2, 0.25) is 0 Å². The lowest BCUT2D eigenvalue weighted by atomic mass is 10.0. The van der Waals surface area contributed by atoms with E-state index in [9.17, 15) is 9.59 Å². The molecule has 108 valence electrons. The van der Waals surface area contributed by atoms with Gasteiger partial charge in [-0.25, -0.2) is 0 Å². The maximum Gasteiger partial charge on any atom is 0.224 e. The van der Waals surface area contributed by atoms with Crippen LogP contribution in [0, 0.1) is 6.92 Å². The van der Waals surface area contributed by atoms with Crippen molar-refractivity contribution in [3.63, 3.8) is 0 Å². The van der Waals surface area contributed by atoms with Crippen LogP contribution in [0.1, 0.15) is 30.9 Å². The standard InChI is InChI=1S/C16H22N2O2/c1-12-4-3-5-14(10-12)11-16(20)17-15-6-8-18(9-7-15)13(2)19/h3-5,10,15H,6-9,11H2,1-2H3,(H,17,20). The number of nitrogens with one attached hydrogen (secondary N) is 1. The van der Waals surface area contributed by atoms with Gasteiger partial charge in [-0.05, 0) is 25.3 Å². The number of hydrogen-bond acceptors (Lipinski definition) is 2. The Morgan fingerprint density at radius 3 is 2.60 bits per heavy atom. The van der Waals surface area contributed by atoms with Gasteiger partial charge in [-0.2, -0.15) is 0 Å². The van der Waals surface area contributed by atoms with E-state index in [1.54, 1.807) is 6.92 Å². The van der Waals surface area contributed by atoms with Crippen LogP contribution in [0.4, 0.5) is 0 Å². The largest absolute Gasteiger partial charge is 0.353 e. The number of carbonyl (C=O) groups is 2. The summed E-state index contributed by atoms with van der Waals surface area (Å²) < 4.78 is 0. The number of rotatable bonds is 3. The molecule has 1 aliphatic heterocycles. The zero-order valence-corrected chi connectivity index (χ0v) is 12.2. The van der Waals surface area contributed by atoms with E-state index >= 15 is 0 Å². The fraction of sp³-hybridized carbons (Fsp3) is 0.500. The van der Waals surface area contributed by atoms with E-state index in [1.165, 1.54) is 5.56 Å². The van der Waals surface area contributed by atoms with Gasteiger partial charge < -0.3 is 10.2 Å². The Labute approximate surface area is 120 Å². The summed E-state index contributed by atoms with van der Waals surface area (Å²) in [6, 6.07) is 8.22. The predicted molar refractivity (Wildman–Crippen MR) is 78.3 cm³/mol. The van der Waals surface area contributed by atoms with Gasteiger partial charge in [-0.3, -0.25) is 9.59 Å². The summed E-state index contributed by atoms with van der Waals surface area (Å²) >= 11 is 0. The zero-order chi connectivity index (χ0) is 14.5. The maximum atomic E-state index is 12.0. The molecule has 0 radical (unpaired) electrons. The number of carbonyl (C=O) groups excluding carboxylic acids is 2. The summed E-state index contributed by atoms with van der Waals surface area (Å²) in [7, 11) is 0. The molecule has 1 aromatic carbocycles. The third-order valence-corrected chi connectivity index (χ3v) is 3.75. The number of amides is 2. The molecule has 1 fully saturated rings. The lowest BCUT2D eigenvalue weighted by Gasteiger charge is -2.31. The molecule has 0 bridgehead atoms. The van der Waals surface area contributed by atoms with E-state index in [-0.39, 0.29) is 17.9 Å². The summed E-state index contributed by atoms with van der Waals surface area (Å²) in [5, 5.41) is 3.07. The molecular formula is C16H22N2O2. The van der Waals surface area contributed by atoms with Crippen molar-refractivity contribution in [1.29, 1.82) is 0 Å². The predicted octanol–water partition coefficient (Wildman–Crippen LogP) is 1.66. The second-order valence-corrected chi connectivity index (χ2v) is 5.51. The summed E-state index contributed by atoms with van der Waals surface area (Å²) in [5.41, 5.74) is 2.22. The lowest BCUT2D eigenvalue weighted by Crippen LogP contribution is -2.46. The molecular weight excluding hydrogens is 252 g/mol. The molecule has 1 saturated heterocycles. The minimum atomic E-state index is 0.0666. The van der Waals surface area contributed by atoms with Gasteiger partial charge in [0.15, 0.2) is 0 Å². The summed E-state index contributed by atoms with van der Waals surface area (Å²) in [6.07, 6.45) is 2.12. The molecule has 1 aromatic rings. The average molecular weight is 274 g/mol. The summed E-state index contributed by atoms with van der Waals surface area (Å²) in [4.78, 5) is 25.1. The van der Waals surface area contributed by atoms with E-state index in [2.05, 4.69) is 5.32 Å². The van der Waals surface area contributed by atoms with Gasteiger partial charge in [-0.15, -0.1) is 0 Å². The van der Waals surface area contributed by atoms with Gasteiger partial charge in [0.2, 0.25) is 11.8 Å². The molecule has 1 N–H and O–H groups in total. The highest BCUT2D eigenvalue weighted by Crippen LogP contribution is 2.11. The van der Waals surface area contributed by atoms with E-state index in [1.807, 2.05) is 36.1 Å². The highest BCUT2D eigenvalue weighted by molar-refractivity contribution is 5.79. The van der Waals surface area contributed by atoms with Gasteiger partial charge in [0.25, 0.3) is 0 Å². The van der Waals surface area contributed by atoms with Crippen molar-refractivity contribution >= 4 is 11.8 Å². The minimum absolute atomic E-state index is 0.0666.